The Morgan fingerprint density at radius 1 is 1.56 bits per heavy atom. The Kier molecular flexibility index (Phi) is 4.30. The molecule has 1 aromatic rings. The van der Waals surface area contributed by atoms with Crippen LogP contribution in [0.1, 0.15) is 24.2 Å². The number of hydrazine groups is 1. The maximum absolute atomic E-state index is 10.9. The van der Waals surface area contributed by atoms with Gasteiger partial charge in [0.05, 0.1) is 12.3 Å². The molecule has 0 aromatic carbocycles. The number of carbonyl (C=O) groups is 1. The molecule has 1 aromatic heterocycles. The molecule has 3 N–H and O–H groups in total. The fourth-order valence-electron chi connectivity index (χ4n) is 1.44. The van der Waals surface area contributed by atoms with Gasteiger partial charge in [-0.25, -0.2) is 5.84 Å². The molecule has 1 amide bonds. The summed E-state index contributed by atoms with van der Waals surface area (Å²) in [4.78, 5) is 10.9. The Morgan fingerprint density at radius 3 is 2.75 bits per heavy atom. The largest absolute Gasteiger partial charge is 0.490 e. The number of aryl methyl sites for hydroxylation is 2. The third kappa shape index (κ3) is 2.96. The number of rotatable bonds is 5. The number of hydrogen-bond acceptors (Lipinski definition) is 4. The molecule has 0 radical (unpaired) electrons. The van der Waals surface area contributed by atoms with Crippen molar-refractivity contribution in [3.63, 3.8) is 0 Å². The number of hydrogen-bond donors (Lipinski definition) is 2. The van der Waals surface area contributed by atoms with E-state index in [2.05, 4.69) is 10.5 Å². The molecule has 1 rings (SSSR count). The number of amides is 1. The summed E-state index contributed by atoms with van der Waals surface area (Å²) in [6.07, 6.45) is 1.01. The molecule has 0 aliphatic rings. The van der Waals surface area contributed by atoms with E-state index in [1.165, 1.54) is 0 Å². The Hall–Kier alpha value is -1.56. The minimum Gasteiger partial charge on any atom is -0.490 e. The van der Waals surface area contributed by atoms with Gasteiger partial charge in [0.2, 0.25) is 5.91 Å². The zero-order valence-electron chi connectivity index (χ0n) is 9.91. The maximum Gasteiger partial charge on any atom is 0.234 e. The number of nitrogens with one attached hydrogen (secondary N) is 1. The SMILES string of the molecule is Cc1nn(C)c(C)c1OCCCC(=O)NN. The predicted molar refractivity (Wildman–Crippen MR) is 59.7 cm³/mol. The van der Waals surface area contributed by atoms with Crippen LogP contribution in [0.4, 0.5) is 0 Å². The number of nitrogens with two attached hydrogens (primary N) is 1. The lowest BCUT2D eigenvalue weighted by molar-refractivity contribution is -0.121. The van der Waals surface area contributed by atoms with Crippen LogP contribution in [0.15, 0.2) is 0 Å². The summed E-state index contributed by atoms with van der Waals surface area (Å²) in [5.41, 5.74) is 3.93. The second kappa shape index (κ2) is 5.50. The van der Waals surface area contributed by atoms with Crippen LogP contribution >= 0.6 is 0 Å². The first kappa shape index (κ1) is 12.5. The monoisotopic (exact) mass is 226 g/mol. The standard InChI is InChI=1S/C10H18N4O2/c1-7-10(8(2)14(3)13-7)16-6-4-5-9(15)12-11/h4-6,11H2,1-3H3,(H,12,15). The Balaban J connectivity index is 2.40. The van der Waals surface area contributed by atoms with E-state index in [1.807, 2.05) is 20.9 Å². The van der Waals surface area contributed by atoms with Gasteiger partial charge in [-0.05, 0) is 20.3 Å². The molecule has 0 atom stereocenters. The molecule has 6 nitrogen and oxygen atoms in total. The number of aromatic nitrogens is 2. The summed E-state index contributed by atoms with van der Waals surface area (Å²) in [6, 6.07) is 0. The van der Waals surface area contributed by atoms with E-state index in [-0.39, 0.29) is 5.91 Å². The molecule has 0 spiro atoms. The van der Waals surface area contributed by atoms with Crippen LogP contribution in [-0.4, -0.2) is 22.3 Å². The highest BCUT2D eigenvalue weighted by Crippen LogP contribution is 2.21. The van der Waals surface area contributed by atoms with Gasteiger partial charge in [-0.2, -0.15) is 5.10 Å². The van der Waals surface area contributed by atoms with E-state index in [0.29, 0.717) is 19.4 Å². The van der Waals surface area contributed by atoms with Crippen LogP contribution < -0.4 is 16.0 Å². The van der Waals surface area contributed by atoms with Crippen molar-refractivity contribution in [2.75, 3.05) is 6.61 Å². The fraction of sp³-hybridized carbons (Fsp3) is 0.600. The molecule has 0 saturated heterocycles. The van der Waals surface area contributed by atoms with Crippen molar-refractivity contribution < 1.29 is 9.53 Å². The minimum absolute atomic E-state index is 0.178. The minimum atomic E-state index is -0.178. The highest BCUT2D eigenvalue weighted by Gasteiger charge is 2.10. The smallest absolute Gasteiger partial charge is 0.234 e. The summed E-state index contributed by atoms with van der Waals surface area (Å²) in [7, 11) is 1.87. The van der Waals surface area contributed by atoms with Gasteiger partial charge in [-0.3, -0.25) is 14.9 Å². The van der Waals surface area contributed by atoms with Gasteiger partial charge in [-0.15, -0.1) is 0 Å². The summed E-state index contributed by atoms with van der Waals surface area (Å²) >= 11 is 0. The van der Waals surface area contributed by atoms with Gasteiger partial charge in [0, 0.05) is 13.5 Å². The first-order valence-electron chi connectivity index (χ1n) is 5.18. The molecule has 0 fully saturated rings. The molecular weight excluding hydrogens is 208 g/mol. The van der Waals surface area contributed by atoms with Crippen molar-refractivity contribution in [3.8, 4) is 5.75 Å². The summed E-state index contributed by atoms with van der Waals surface area (Å²) < 4.78 is 7.35. The lowest BCUT2D eigenvalue weighted by Gasteiger charge is -2.05. The van der Waals surface area contributed by atoms with Crippen LogP contribution in [0.25, 0.3) is 0 Å². The molecule has 1 heterocycles. The Labute approximate surface area is 94.7 Å². The number of nitrogens with zero attached hydrogens (tertiary/aromatic N) is 2. The summed E-state index contributed by atoms with van der Waals surface area (Å²) in [5, 5.41) is 4.23. The summed E-state index contributed by atoms with van der Waals surface area (Å²) in [6.45, 7) is 4.33. The summed E-state index contributed by atoms with van der Waals surface area (Å²) in [5.74, 6) is 5.59. The molecule has 0 bridgehead atoms. The second-order valence-corrected chi connectivity index (χ2v) is 3.64. The predicted octanol–water partition coefficient (Wildman–Crippen LogP) is 0.186. The molecule has 0 aliphatic heterocycles. The first-order chi connectivity index (χ1) is 7.56. The van der Waals surface area contributed by atoms with E-state index in [0.717, 1.165) is 17.1 Å². The molecule has 16 heavy (non-hydrogen) atoms. The zero-order chi connectivity index (χ0) is 12.1. The fourth-order valence-corrected chi connectivity index (χ4v) is 1.44. The van der Waals surface area contributed by atoms with Gasteiger partial charge in [0.1, 0.15) is 5.69 Å². The molecule has 0 unspecified atom stereocenters. The van der Waals surface area contributed by atoms with Crippen molar-refractivity contribution in [2.24, 2.45) is 12.9 Å². The van der Waals surface area contributed by atoms with Crippen LogP contribution in [-0.2, 0) is 11.8 Å². The van der Waals surface area contributed by atoms with E-state index < -0.39 is 0 Å². The normalized spacial score (nSPS) is 10.2. The number of carbonyl (C=O) groups excluding carboxylic acids is 1. The average Bonchev–Trinajstić information content (AvgIpc) is 2.49. The molecular formula is C10H18N4O2. The van der Waals surface area contributed by atoms with Crippen molar-refractivity contribution in [1.82, 2.24) is 15.2 Å². The maximum atomic E-state index is 10.9. The van der Waals surface area contributed by atoms with E-state index in [4.69, 9.17) is 10.6 Å². The van der Waals surface area contributed by atoms with E-state index in [1.54, 1.807) is 4.68 Å². The second-order valence-electron chi connectivity index (χ2n) is 3.64. The van der Waals surface area contributed by atoms with Crippen LogP contribution in [0.5, 0.6) is 5.75 Å². The van der Waals surface area contributed by atoms with Crippen molar-refractivity contribution in [1.29, 1.82) is 0 Å². The highest BCUT2D eigenvalue weighted by atomic mass is 16.5. The van der Waals surface area contributed by atoms with Gasteiger partial charge in [0.25, 0.3) is 0 Å². The van der Waals surface area contributed by atoms with Crippen molar-refractivity contribution in [3.05, 3.63) is 11.4 Å². The van der Waals surface area contributed by atoms with Crippen LogP contribution in [0.2, 0.25) is 0 Å². The molecule has 0 aliphatic carbocycles. The zero-order valence-corrected chi connectivity index (χ0v) is 9.91. The molecule has 0 saturated carbocycles. The van der Waals surface area contributed by atoms with Gasteiger partial charge in [0.15, 0.2) is 5.75 Å². The van der Waals surface area contributed by atoms with Crippen molar-refractivity contribution >= 4 is 5.91 Å². The Bertz CT molecular complexity index is 373. The first-order valence-corrected chi connectivity index (χ1v) is 5.18. The van der Waals surface area contributed by atoms with Gasteiger partial charge in [-0.1, -0.05) is 0 Å². The van der Waals surface area contributed by atoms with Gasteiger partial charge < -0.3 is 4.74 Å². The molecule has 6 heteroatoms. The Morgan fingerprint density at radius 2 is 2.25 bits per heavy atom. The third-order valence-corrected chi connectivity index (χ3v) is 2.40. The van der Waals surface area contributed by atoms with Crippen molar-refractivity contribution in [2.45, 2.75) is 26.7 Å². The lowest BCUT2D eigenvalue weighted by Crippen LogP contribution is -2.30. The van der Waals surface area contributed by atoms with E-state index >= 15 is 0 Å². The lowest BCUT2D eigenvalue weighted by atomic mass is 10.3. The highest BCUT2D eigenvalue weighted by molar-refractivity contribution is 5.75. The third-order valence-electron chi connectivity index (χ3n) is 2.40. The topological polar surface area (TPSA) is 82.2 Å². The quantitative estimate of drug-likeness (QED) is 0.325. The van der Waals surface area contributed by atoms with Crippen LogP contribution in [0.3, 0.4) is 0 Å². The molecule has 90 valence electrons. The number of ether oxygens (including phenoxy) is 1. The van der Waals surface area contributed by atoms with Gasteiger partial charge >= 0.3 is 0 Å². The average molecular weight is 226 g/mol. The van der Waals surface area contributed by atoms with E-state index in [9.17, 15) is 4.79 Å². The van der Waals surface area contributed by atoms with Crippen LogP contribution in [0, 0.1) is 13.8 Å².